The van der Waals surface area contributed by atoms with E-state index < -0.39 is 14.6 Å². The Morgan fingerprint density at radius 1 is 1.25 bits per heavy atom. The van der Waals surface area contributed by atoms with Gasteiger partial charge in [0.15, 0.2) is 9.04 Å². The maximum Gasteiger partial charge on any atom is 0.171 e. The van der Waals surface area contributed by atoms with Crippen LogP contribution in [0.5, 0.6) is 0 Å². The molecule has 1 aliphatic carbocycles. The first kappa shape index (κ1) is 19.6. The molecule has 1 aromatic rings. The van der Waals surface area contributed by atoms with Gasteiger partial charge in [0.05, 0.1) is 11.7 Å². The minimum atomic E-state index is -1.21. The molecule has 4 heteroatoms. The summed E-state index contributed by atoms with van der Waals surface area (Å²) < 4.78 is 6.34. The first-order chi connectivity index (χ1) is 11.2. The topological polar surface area (TPSA) is 42.4 Å². The van der Waals surface area contributed by atoms with Gasteiger partial charge in [-0.3, -0.25) is 4.98 Å². The van der Waals surface area contributed by atoms with Crippen LogP contribution in [0, 0.1) is 11.3 Å². The van der Waals surface area contributed by atoms with Crippen molar-refractivity contribution in [1.29, 1.82) is 0 Å². The molecule has 1 aliphatic rings. The van der Waals surface area contributed by atoms with Crippen LogP contribution in [0.3, 0.4) is 0 Å². The van der Waals surface area contributed by atoms with Crippen LogP contribution in [0.1, 0.15) is 58.6 Å². The van der Waals surface area contributed by atoms with Crippen molar-refractivity contribution < 1.29 is 9.53 Å². The molecule has 3 atom stereocenters. The van der Waals surface area contributed by atoms with Gasteiger partial charge >= 0.3 is 0 Å². The van der Waals surface area contributed by atoms with Crippen molar-refractivity contribution in [3.8, 4) is 0 Å². The van der Waals surface area contributed by atoms with Crippen LogP contribution in [-0.2, 0) is 10.8 Å². The largest absolute Gasteiger partial charge is 0.415 e. The SMILES string of the molecule is C[SiH](C)OC1CCC(C(C)(C)C)CCCC1(O)Cc1ccccn1. The number of nitrogens with zero attached hydrogens (tertiary/aromatic N) is 1. The molecule has 3 nitrogen and oxygen atoms in total. The lowest BCUT2D eigenvalue weighted by Gasteiger charge is -2.42. The molecule has 1 N–H and O–H groups in total. The third kappa shape index (κ3) is 5.40. The van der Waals surface area contributed by atoms with E-state index in [1.165, 1.54) is 6.42 Å². The Morgan fingerprint density at radius 3 is 2.58 bits per heavy atom. The van der Waals surface area contributed by atoms with E-state index in [1.54, 1.807) is 0 Å². The molecular formula is C20H35NO2Si. The molecule has 3 unspecified atom stereocenters. The van der Waals surface area contributed by atoms with E-state index in [1.807, 2.05) is 24.4 Å². The van der Waals surface area contributed by atoms with Crippen molar-refractivity contribution in [2.75, 3.05) is 0 Å². The van der Waals surface area contributed by atoms with Gasteiger partial charge in [0.1, 0.15) is 0 Å². The summed E-state index contributed by atoms with van der Waals surface area (Å²) in [6, 6.07) is 5.94. The first-order valence-electron chi connectivity index (χ1n) is 9.48. The van der Waals surface area contributed by atoms with E-state index in [4.69, 9.17) is 4.43 Å². The van der Waals surface area contributed by atoms with Crippen LogP contribution in [0.25, 0.3) is 0 Å². The van der Waals surface area contributed by atoms with E-state index in [0.717, 1.165) is 31.4 Å². The minimum absolute atomic E-state index is 0.0590. The van der Waals surface area contributed by atoms with Gasteiger partial charge in [-0.2, -0.15) is 0 Å². The molecule has 0 amide bonds. The van der Waals surface area contributed by atoms with E-state index in [2.05, 4.69) is 38.8 Å². The zero-order valence-corrected chi connectivity index (χ0v) is 17.2. The highest BCUT2D eigenvalue weighted by atomic mass is 28.3. The number of hydrogen-bond donors (Lipinski definition) is 1. The van der Waals surface area contributed by atoms with Gasteiger partial charge in [-0.1, -0.05) is 33.3 Å². The second-order valence-corrected chi connectivity index (χ2v) is 11.2. The van der Waals surface area contributed by atoms with Gasteiger partial charge in [-0.25, -0.2) is 0 Å². The molecule has 0 bridgehead atoms. The van der Waals surface area contributed by atoms with Gasteiger partial charge in [0, 0.05) is 18.3 Å². The van der Waals surface area contributed by atoms with Crippen LogP contribution < -0.4 is 0 Å². The maximum absolute atomic E-state index is 11.5. The summed E-state index contributed by atoms with van der Waals surface area (Å²) in [6.45, 7) is 11.4. The predicted molar refractivity (Wildman–Crippen MR) is 103 cm³/mol. The second kappa shape index (κ2) is 8.11. The minimum Gasteiger partial charge on any atom is -0.415 e. The third-order valence-electron chi connectivity index (χ3n) is 5.41. The molecule has 0 spiro atoms. The number of rotatable bonds is 4. The first-order valence-corrected chi connectivity index (χ1v) is 12.3. The summed E-state index contributed by atoms with van der Waals surface area (Å²) in [6.07, 6.45) is 7.50. The third-order valence-corrected chi connectivity index (χ3v) is 6.29. The number of pyridine rings is 1. The van der Waals surface area contributed by atoms with Crippen LogP contribution in [0.4, 0.5) is 0 Å². The number of aliphatic hydroxyl groups is 1. The highest BCUT2D eigenvalue weighted by molar-refractivity contribution is 6.48. The van der Waals surface area contributed by atoms with Crippen LogP contribution in [-0.4, -0.2) is 30.8 Å². The van der Waals surface area contributed by atoms with E-state index in [9.17, 15) is 5.11 Å². The Hall–Kier alpha value is -0.713. The van der Waals surface area contributed by atoms with Crippen molar-refractivity contribution >= 4 is 9.04 Å². The summed E-state index contributed by atoms with van der Waals surface area (Å²) in [5, 5.41) is 11.5. The Labute approximate surface area is 149 Å². The molecule has 24 heavy (non-hydrogen) atoms. The van der Waals surface area contributed by atoms with E-state index in [0.29, 0.717) is 17.8 Å². The van der Waals surface area contributed by atoms with E-state index in [-0.39, 0.29) is 6.10 Å². The fourth-order valence-electron chi connectivity index (χ4n) is 3.99. The second-order valence-electron chi connectivity index (χ2n) is 8.81. The van der Waals surface area contributed by atoms with Crippen molar-refractivity contribution in [3.63, 3.8) is 0 Å². The zero-order valence-electron chi connectivity index (χ0n) is 16.1. The fraction of sp³-hybridized carbons (Fsp3) is 0.750. The normalized spacial score (nSPS) is 29.3. The van der Waals surface area contributed by atoms with E-state index >= 15 is 0 Å². The van der Waals surface area contributed by atoms with Gasteiger partial charge in [0.25, 0.3) is 0 Å². The molecule has 0 aromatic carbocycles. The Morgan fingerprint density at radius 2 is 2.00 bits per heavy atom. The van der Waals surface area contributed by atoms with Crippen molar-refractivity contribution in [1.82, 2.24) is 4.98 Å². The predicted octanol–water partition coefficient (Wildman–Crippen LogP) is 4.35. The van der Waals surface area contributed by atoms with Gasteiger partial charge in [-0.05, 0) is 62.2 Å². The highest BCUT2D eigenvalue weighted by Gasteiger charge is 2.41. The average Bonchev–Trinajstić information content (AvgIpc) is 2.47. The molecule has 1 fully saturated rings. The number of aromatic nitrogens is 1. The Kier molecular flexibility index (Phi) is 6.63. The molecule has 0 radical (unpaired) electrons. The Bertz CT molecular complexity index is 500. The van der Waals surface area contributed by atoms with Crippen LogP contribution in [0.15, 0.2) is 24.4 Å². The van der Waals surface area contributed by atoms with Gasteiger partial charge in [-0.15, -0.1) is 0 Å². The van der Waals surface area contributed by atoms with Crippen molar-refractivity contribution in [2.24, 2.45) is 11.3 Å². The zero-order chi connectivity index (χ0) is 17.8. The Balaban J connectivity index is 2.18. The highest BCUT2D eigenvalue weighted by Crippen LogP contribution is 2.40. The standard InChI is InChI=1S/C20H35NO2Si/c1-19(2,3)16-9-8-13-20(22,15-17-10-6-7-14-21-17)18(12-11-16)23-24(4)5/h6-7,10,14,16,18,22,24H,8-9,11-13,15H2,1-5H3. The van der Waals surface area contributed by atoms with Crippen LogP contribution in [0.2, 0.25) is 13.1 Å². The van der Waals surface area contributed by atoms with Crippen molar-refractivity contribution in [3.05, 3.63) is 30.1 Å². The smallest absolute Gasteiger partial charge is 0.171 e. The van der Waals surface area contributed by atoms with Gasteiger partial charge in [0.2, 0.25) is 0 Å². The lowest BCUT2D eigenvalue weighted by Crippen LogP contribution is -2.49. The molecule has 1 heterocycles. The summed E-state index contributed by atoms with van der Waals surface area (Å²) in [5.41, 5.74) is 0.511. The molecule has 136 valence electrons. The van der Waals surface area contributed by atoms with Crippen molar-refractivity contribution in [2.45, 2.75) is 84.1 Å². The molecule has 0 aliphatic heterocycles. The lowest BCUT2D eigenvalue weighted by molar-refractivity contribution is -0.0842. The quantitative estimate of drug-likeness (QED) is 0.822. The monoisotopic (exact) mass is 349 g/mol. The molecule has 0 saturated heterocycles. The summed E-state index contributed by atoms with van der Waals surface area (Å²) in [7, 11) is -1.21. The summed E-state index contributed by atoms with van der Waals surface area (Å²) in [5.74, 6) is 0.705. The fourth-order valence-corrected chi connectivity index (χ4v) is 5.04. The van der Waals surface area contributed by atoms with Gasteiger partial charge < -0.3 is 9.53 Å². The molecule has 1 aromatic heterocycles. The maximum atomic E-state index is 11.5. The molecular weight excluding hydrogens is 314 g/mol. The summed E-state index contributed by atoms with van der Waals surface area (Å²) >= 11 is 0. The number of hydrogen-bond acceptors (Lipinski definition) is 3. The average molecular weight is 350 g/mol. The molecule has 2 rings (SSSR count). The van der Waals surface area contributed by atoms with Crippen LogP contribution >= 0.6 is 0 Å². The summed E-state index contributed by atoms with van der Waals surface area (Å²) in [4.78, 5) is 4.44. The lowest BCUT2D eigenvalue weighted by atomic mass is 9.70. The molecule has 1 saturated carbocycles.